The van der Waals surface area contributed by atoms with E-state index in [1.165, 1.54) is 30.6 Å². The van der Waals surface area contributed by atoms with Crippen molar-refractivity contribution in [3.8, 4) is 0 Å². The molecule has 0 aliphatic carbocycles. The van der Waals surface area contributed by atoms with Crippen LogP contribution >= 0.6 is 0 Å². The van der Waals surface area contributed by atoms with Crippen LogP contribution in [0.15, 0.2) is 24.3 Å². The van der Waals surface area contributed by atoms with Gasteiger partial charge < -0.3 is 10.2 Å². The second-order valence-corrected chi connectivity index (χ2v) is 5.73. The third kappa shape index (κ3) is 3.49. The van der Waals surface area contributed by atoms with E-state index in [4.69, 9.17) is 0 Å². The zero-order valence-corrected chi connectivity index (χ0v) is 11.9. The largest absolute Gasteiger partial charge is 0.371 e. The first kappa shape index (κ1) is 13.4. The standard InChI is InChI=1S/C16H26N2/c1-13(2)15-6-4-7-16(12-15)18-10-5-9-17-14(3)8-11-18/h4,6-7,12-14,17H,5,8-11H2,1-3H3. The van der Waals surface area contributed by atoms with E-state index in [0.717, 1.165) is 13.1 Å². The van der Waals surface area contributed by atoms with Crippen LogP contribution in [0.3, 0.4) is 0 Å². The number of hydrogen-bond donors (Lipinski definition) is 1. The van der Waals surface area contributed by atoms with E-state index in [-0.39, 0.29) is 0 Å². The molecular weight excluding hydrogens is 220 g/mol. The van der Waals surface area contributed by atoms with E-state index in [9.17, 15) is 0 Å². The topological polar surface area (TPSA) is 15.3 Å². The van der Waals surface area contributed by atoms with Gasteiger partial charge in [-0.15, -0.1) is 0 Å². The summed E-state index contributed by atoms with van der Waals surface area (Å²) in [4.78, 5) is 2.54. The van der Waals surface area contributed by atoms with E-state index in [0.29, 0.717) is 12.0 Å². The number of hydrogen-bond acceptors (Lipinski definition) is 2. The average Bonchev–Trinajstić information content (AvgIpc) is 2.34. The summed E-state index contributed by atoms with van der Waals surface area (Å²) >= 11 is 0. The van der Waals surface area contributed by atoms with Gasteiger partial charge in [0.15, 0.2) is 0 Å². The van der Waals surface area contributed by atoms with Crippen LogP contribution in [0.5, 0.6) is 0 Å². The lowest BCUT2D eigenvalue weighted by Gasteiger charge is -2.30. The Hall–Kier alpha value is -1.02. The summed E-state index contributed by atoms with van der Waals surface area (Å²) in [6.45, 7) is 10.3. The molecule has 1 aromatic rings. The average molecular weight is 246 g/mol. The molecule has 0 bridgehead atoms. The normalized spacial score (nSPS) is 21.8. The highest BCUT2D eigenvalue weighted by Gasteiger charge is 2.12. The third-order valence-corrected chi connectivity index (χ3v) is 3.83. The summed E-state index contributed by atoms with van der Waals surface area (Å²) in [5, 5.41) is 3.56. The smallest absolute Gasteiger partial charge is 0.0369 e. The maximum atomic E-state index is 3.56. The molecule has 0 spiro atoms. The van der Waals surface area contributed by atoms with Crippen LogP contribution in [0.2, 0.25) is 0 Å². The summed E-state index contributed by atoms with van der Waals surface area (Å²) in [5.74, 6) is 0.611. The fourth-order valence-corrected chi connectivity index (χ4v) is 2.52. The van der Waals surface area contributed by atoms with E-state index < -0.39 is 0 Å². The van der Waals surface area contributed by atoms with Gasteiger partial charge in [0.25, 0.3) is 0 Å². The zero-order chi connectivity index (χ0) is 13.0. The molecule has 0 radical (unpaired) electrons. The molecule has 0 saturated carbocycles. The molecule has 1 unspecified atom stereocenters. The van der Waals surface area contributed by atoms with E-state index in [1.54, 1.807) is 0 Å². The van der Waals surface area contributed by atoms with Gasteiger partial charge in [-0.1, -0.05) is 26.0 Å². The minimum atomic E-state index is 0.611. The highest BCUT2D eigenvalue weighted by molar-refractivity contribution is 5.49. The summed E-state index contributed by atoms with van der Waals surface area (Å²) in [6.07, 6.45) is 2.46. The first-order valence-electron chi connectivity index (χ1n) is 7.25. The van der Waals surface area contributed by atoms with Crippen molar-refractivity contribution in [3.63, 3.8) is 0 Å². The van der Waals surface area contributed by atoms with Gasteiger partial charge in [0.2, 0.25) is 0 Å². The molecule has 2 heteroatoms. The van der Waals surface area contributed by atoms with Crippen LogP contribution in [-0.2, 0) is 0 Å². The molecule has 1 fully saturated rings. The molecule has 2 rings (SSSR count). The summed E-state index contributed by atoms with van der Waals surface area (Å²) in [7, 11) is 0. The fraction of sp³-hybridized carbons (Fsp3) is 0.625. The molecule has 2 nitrogen and oxygen atoms in total. The van der Waals surface area contributed by atoms with Crippen molar-refractivity contribution in [2.24, 2.45) is 0 Å². The molecule has 0 aromatic heterocycles. The molecule has 1 heterocycles. The Bertz CT molecular complexity index is 373. The lowest BCUT2D eigenvalue weighted by molar-refractivity contribution is 0.475. The number of benzene rings is 1. The highest BCUT2D eigenvalue weighted by Crippen LogP contribution is 2.22. The SMILES string of the molecule is CC1CCN(c2cccc(C(C)C)c2)CCCN1. The Morgan fingerprint density at radius 3 is 2.89 bits per heavy atom. The quantitative estimate of drug-likeness (QED) is 0.860. The molecule has 18 heavy (non-hydrogen) atoms. The van der Waals surface area contributed by atoms with Crippen LogP contribution in [0.4, 0.5) is 5.69 Å². The Labute approximate surface area is 111 Å². The van der Waals surface area contributed by atoms with E-state index >= 15 is 0 Å². The number of rotatable bonds is 2. The van der Waals surface area contributed by atoms with Crippen LogP contribution in [0, 0.1) is 0 Å². The molecule has 1 atom stereocenters. The Balaban J connectivity index is 2.10. The number of nitrogens with zero attached hydrogens (tertiary/aromatic N) is 1. The van der Waals surface area contributed by atoms with Gasteiger partial charge >= 0.3 is 0 Å². The molecule has 100 valence electrons. The molecule has 1 aliphatic rings. The Kier molecular flexibility index (Phi) is 4.65. The maximum absolute atomic E-state index is 3.56. The maximum Gasteiger partial charge on any atom is 0.0369 e. The summed E-state index contributed by atoms with van der Waals surface area (Å²) in [5.41, 5.74) is 2.84. The minimum absolute atomic E-state index is 0.611. The van der Waals surface area contributed by atoms with Crippen molar-refractivity contribution in [1.82, 2.24) is 5.32 Å². The van der Waals surface area contributed by atoms with Crippen molar-refractivity contribution in [1.29, 1.82) is 0 Å². The van der Waals surface area contributed by atoms with Crippen molar-refractivity contribution in [2.45, 2.75) is 45.6 Å². The summed E-state index contributed by atoms with van der Waals surface area (Å²) < 4.78 is 0. The van der Waals surface area contributed by atoms with Crippen molar-refractivity contribution < 1.29 is 0 Å². The zero-order valence-electron chi connectivity index (χ0n) is 11.9. The van der Waals surface area contributed by atoms with Gasteiger partial charge in [0, 0.05) is 24.8 Å². The van der Waals surface area contributed by atoms with Gasteiger partial charge in [-0.2, -0.15) is 0 Å². The predicted molar refractivity (Wildman–Crippen MR) is 79.4 cm³/mol. The first-order chi connectivity index (χ1) is 8.66. The molecule has 1 aromatic carbocycles. The monoisotopic (exact) mass is 246 g/mol. The minimum Gasteiger partial charge on any atom is -0.371 e. The summed E-state index contributed by atoms with van der Waals surface area (Å²) in [6, 6.07) is 9.70. The first-order valence-corrected chi connectivity index (χ1v) is 7.25. The Morgan fingerprint density at radius 2 is 2.11 bits per heavy atom. The number of anilines is 1. The fourth-order valence-electron chi connectivity index (χ4n) is 2.52. The van der Waals surface area contributed by atoms with Crippen LogP contribution in [0.25, 0.3) is 0 Å². The highest BCUT2D eigenvalue weighted by atomic mass is 15.1. The van der Waals surface area contributed by atoms with Gasteiger partial charge in [0.1, 0.15) is 0 Å². The van der Waals surface area contributed by atoms with E-state index in [1.807, 2.05) is 0 Å². The lowest BCUT2D eigenvalue weighted by Crippen LogP contribution is -2.38. The second-order valence-electron chi connectivity index (χ2n) is 5.73. The molecule has 1 N–H and O–H groups in total. The number of nitrogens with one attached hydrogen (secondary N) is 1. The van der Waals surface area contributed by atoms with Crippen LogP contribution < -0.4 is 10.2 Å². The van der Waals surface area contributed by atoms with Gasteiger partial charge in [-0.05, 0) is 49.9 Å². The molecule has 1 aliphatic heterocycles. The van der Waals surface area contributed by atoms with E-state index in [2.05, 4.69) is 55.3 Å². The van der Waals surface area contributed by atoms with Crippen molar-refractivity contribution in [3.05, 3.63) is 29.8 Å². The molecular formula is C16H26N2. The third-order valence-electron chi connectivity index (χ3n) is 3.83. The van der Waals surface area contributed by atoms with Gasteiger partial charge in [0.05, 0.1) is 0 Å². The van der Waals surface area contributed by atoms with Gasteiger partial charge in [-0.25, -0.2) is 0 Å². The predicted octanol–water partition coefficient (Wildman–Crippen LogP) is 3.39. The van der Waals surface area contributed by atoms with Crippen LogP contribution in [0.1, 0.15) is 45.1 Å². The second kappa shape index (κ2) is 6.24. The van der Waals surface area contributed by atoms with Gasteiger partial charge in [-0.3, -0.25) is 0 Å². The lowest BCUT2D eigenvalue weighted by atomic mass is 10.0. The molecule has 1 saturated heterocycles. The van der Waals surface area contributed by atoms with Crippen LogP contribution in [-0.4, -0.2) is 25.7 Å². The molecule has 0 amide bonds. The Morgan fingerprint density at radius 1 is 1.28 bits per heavy atom. The van der Waals surface area contributed by atoms with Crippen molar-refractivity contribution >= 4 is 5.69 Å². The van der Waals surface area contributed by atoms with Crippen molar-refractivity contribution in [2.75, 3.05) is 24.5 Å².